The predicted octanol–water partition coefficient (Wildman–Crippen LogP) is 6.14. The van der Waals surface area contributed by atoms with Crippen LogP contribution in [-0.2, 0) is 11.6 Å². The molecule has 0 amide bonds. The smallest absolute Gasteiger partial charge is 0.417 e. The van der Waals surface area contributed by atoms with Gasteiger partial charge in [0, 0.05) is 6.54 Å². The average Bonchev–Trinajstić information content (AvgIpc) is 3.14. The number of nitrogens with zero attached hydrogens (tertiary/aromatic N) is 1. The van der Waals surface area contributed by atoms with Crippen molar-refractivity contribution in [1.82, 2.24) is 4.90 Å². The maximum absolute atomic E-state index is 13.7. The van der Waals surface area contributed by atoms with Gasteiger partial charge in [0.2, 0.25) is 0 Å². The minimum Gasteiger partial charge on any atom is -0.492 e. The molecule has 2 aromatic carbocycles. The summed E-state index contributed by atoms with van der Waals surface area (Å²) >= 11 is 0. The normalized spacial score (nSPS) is 15.8. The van der Waals surface area contributed by atoms with Crippen LogP contribution in [0.2, 0.25) is 0 Å². The average molecular weight is 391 g/mol. The number of benzene rings is 2. The molecule has 1 fully saturated rings. The minimum absolute atomic E-state index is 0.198. The second-order valence-electron chi connectivity index (χ2n) is 8.43. The van der Waals surface area contributed by atoms with Crippen LogP contribution >= 0.6 is 0 Å². The number of rotatable bonds is 5. The summed E-state index contributed by atoms with van der Waals surface area (Å²) in [5, 5.41) is 0. The fourth-order valence-corrected chi connectivity index (χ4v) is 3.53. The third-order valence-electron chi connectivity index (χ3n) is 5.23. The lowest BCUT2D eigenvalue weighted by Crippen LogP contribution is -2.25. The molecule has 5 heteroatoms. The molecule has 3 rings (SSSR count). The fraction of sp³-hybridized carbons (Fsp3) is 0.478. The molecule has 0 unspecified atom stereocenters. The Kier molecular flexibility index (Phi) is 6.04. The SMILES string of the molecule is CC(C)(C)c1ccc(-c2ccc(OCCN3CCCC3)cc2)c(C(F)(F)F)c1. The molecule has 0 saturated carbocycles. The maximum Gasteiger partial charge on any atom is 0.417 e. The van der Waals surface area contributed by atoms with Gasteiger partial charge < -0.3 is 4.74 Å². The van der Waals surface area contributed by atoms with Gasteiger partial charge in [0.05, 0.1) is 5.56 Å². The van der Waals surface area contributed by atoms with Gasteiger partial charge in [0.1, 0.15) is 12.4 Å². The molecule has 152 valence electrons. The van der Waals surface area contributed by atoms with E-state index >= 15 is 0 Å². The van der Waals surface area contributed by atoms with Crippen LogP contribution in [-0.4, -0.2) is 31.1 Å². The van der Waals surface area contributed by atoms with Gasteiger partial charge in [-0.2, -0.15) is 13.2 Å². The summed E-state index contributed by atoms with van der Waals surface area (Å²) in [6.45, 7) is 9.45. The molecule has 28 heavy (non-hydrogen) atoms. The van der Waals surface area contributed by atoms with E-state index in [1.165, 1.54) is 18.9 Å². The van der Waals surface area contributed by atoms with Gasteiger partial charge in [0.25, 0.3) is 0 Å². The molecule has 0 atom stereocenters. The van der Waals surface area contributed by atoms with Gasteiger partial charge in [-0.05, 0) is 66.2 Å². The van der Waals surface area contributed by atoms with Crippen molar-refractivity contribution in [2.75, 3.05) is 26.2 Å². The van der Waals surface area contributed by atoms with Gasteiger partial charge in [-0.1, -0.05) is 45.0 Å². The first-order chi connectivity index (χ1) is 13.1. The lowest BCUT2D eigenvalue weighted by atomic mass is 9.84. The third kappa shape index (κ3) is 5.07. The van der Waals surface area contributed by atoms with Crippen molar-refractivity contribution in [2.24, 2.45) is 0 Å². The molecule has 2 aromatic rings. The van der Waals surface area contributed by atoms with Crippen LogP contribution in [0, 0.1) is 0 Å². The van der Waals surface area contributed by atoms with E-state index in [4.69, 9.17) is 4.74 Å². The molecule has 0 aliphatic carbocycles. The first-order valence-electron chi connectivity index (χ1n) is 9.82. The van der Waals surface area contributed by atoms with Gasteiger partial charge in [-0.15, -0.1) is 0 Å². The van der Waals surface area contributed by atoms with E-state index in [0.717, 1.165) is 19.6 Å². The molecule has 2 nitrogen and oxygen atoms in total. The standard InChI is InChI=1S/C23H28F3NO/c1-22(2,3)18-8-11-20(21(16-18)23(24,25)26)17-6-9-19(10-7-17)28-15-14-27-12-4-5-13-27/h6-11,16H,4-5,12-15H2,1-3H3. The molecular formula is C23H28F3NO. The van der Waals surface area contributed by atoms with E-state index in [9.17, 15) is 13.2 Å². The largest absolute Gasteiger partial charge is 0.492 e. The van der Waals surface area contributed by atoms with Crippen molar-refractivity contribution in [3.8, 4) is 16.9 Å². The highest BCUT2D eigenvalue weighted by Crippen LogP contribution is 2.39. The van der Waals surface area contributed by atoms with E-state index < -0.39 is 11.7 Å². The molecule has 1 saturated heterocycles. The Labute approximate surface area is 165 Å². The summed E-state index contributed by atoms with van der Waals surface area (Å²) < 4.78 is 46.8. The van der Waals surface area contributed by atoms with Crippen molar-refractivity contribution in [1.29, 1.82) is 0 Å². The topological polar surface area (TPSA) is 12.5 Å². The van der Waals surface area contributed by atoms with Gasteiger partial charge in [0.15, 0.2) is 0 Å². The van der Waals surface area contributed by atoms with E-state index in [2.05, 4.69) is 4.90 Å². The zero-order chi connectivity index (χ0) is 20.4. The monoisotopic (exact) mass is 391 g/mol. The summed E-state index contributed by atoms with van der Waals surface area (Å²) in [4.78, 5) is 2.36. The molecule has 1 aliphatic heterocycles. The zero-order valence-electron chi connectivity index (χ0n) is 16.8. The van der Waals surface area contributed by atoms with E-state index in [0.29, 0.717) is 23.5 Å². The summed E-state index contributed by atoms with van der Waals surface area (Å²) in [7, 11) is 0. The molecule has 0 spiro atoms. The molecule has 1 aliphatic rings. The van der Waals surface area contributed by atoms with Gasteiger partial charge >= 0.3 is 6.18 Å². The van der Waals surface area contributed by atoms with Crippen molar-refractivity contribution in [2.45, 2.75) is 45.2 Å². The number of alkyl halides is 3. The summed E-state index contributed by atoms with van der Waals surface area (Å²) in [6, 6.07) is 11.5. The van der Waals surface area contributed by atoms with Crippen LogP contribution in [0.5, 0.6) is 5.75 Å². The van der Waals surface area contributed by atoms with E-state index in [-0.39, 0.29) is 11.0 Å². The second-order valence-corrected chi connectivity index (χ2v) is 8.43. The molecule has 1 heterocycles. The van der Waals surface area contributed by atoms with E-state index in [1.54, 1.807) is 36.4 Å². The number of ether oxygens (including phenoxy) is 1. The highest BCUT2D eigenvalue weighted by molar-refractivity contribution is 5.69. The van der Waals surface area contributed by atoms with Crippen LogP contribution in [0.1, 0.15) is 44.7 Å². The minimum atomic E-state index is -4.40. The fourth-order valence-electron chi connectivity index (χ4n) is 3.53. The number of halogens is 3. The Balaban J connectivity index is 1.77. The van der Waals surface area contributed by atoms with Crippen molar-refractivity contribution < 1.29 is 17.9 Å². The Bertz CT molecular complexity index is 785. The quantitative estimate of drug-likeness (QED) is 0.607. The summed E-state index contributed by atoms with van der Waals surface area (Å²) in [5.74, 6) is 0.683. The van der Waals surface area contributed by atoms with Crippen LogP contribution in [0.4, 0.5) is 13.2 Å². The van der Waals surface area contributed by atoms with Gasteiger partial charge in [-0.3, -0.25) is 4.90 Å². The molecule has 0 radical (unpaired) electrons. The molecular weight excluding hydrogens is 363 g/mol. The Morgan fingerprint density at radius 1 is 0.929 bits per heavy atom. The lowest BCUT2D eigenvalue weighted by Gasteiger charge is -2.22. The molecule has 0 aromatic heterocycles. The van der Waals surface area contributed by atoms with Crippen LogP contribution in [0.25, 0.3) is 11.1 Å². The third-order valence-corrected chi connectivity index (χ3v) is 5.23. The van der Waals surface area contributed by atoms with Crippen LogP contribution in [0.3, 0.4) is 0 Å². The Hall–Kier alpha value is -2.01. The highest BCUT2D eigenvalue weighted by atomic mass is 19.4. The Morgan fingerprint density at radius 2 is 1.57 bits per heavy atom. The van der Waals surface area contributed by atoms with Crippen LogP contribution in [0.15, 0.2) is 42.5 Å². The van der Waals surface area contributed by atoms with Crippen molar-refractivity contribution >= 4 is 0 Å². The maximum atomic E-state index is 13.7. The Morgan fingerprint density at radius 3 is 2.14 bits per heavy atom. The lowest BCUT2D eigenvalue weighted by molar-refractivity contribution is -0.137. The zero-order valence-corrected chi connectivity index (χ0v) is 16.8. The number of hydrogen-bond donors (Lipinski definition) is 0. The van der Waals surface area contributed by atoms with Gasteiger partial charge in [-0.25, -0.2) is 0 Å². The first-order valence-corrected chi connectivity index (χ1v) is 9.82. The van der Waals surface area contributed by atoms with Crippen LogP contribution < -0.4 is 4.74 Å². The summed E-state index contributed by atoms with van der Waals surface area (Å²) in [6.07, 6.45) is -1.92. The van der Waals surface area contributed by atoms with Crippen molar-refractivity contribution in [3.05, 3.63) is 53.6 Å². The van der Waals surface area contributed by atoms with E-state index in [1.807, 2.05) is 20.8 Å². The number of likely N-dealkylation sites (tertiary alicyclic amines) is 1. The van der Waals surface area contributed by atoms with Crippen molar-refractivity contribution in [3.63, 3.8) is 0 Å². The predicted molar refractivity (Wildman–Crippen MR) is 107 cm³/mol. The molecule has 0 N–H and O–H groups in total. The second kappa shape index (κ2) is 8.16. The molecule has 0 bridgehead atoms. The summed E-state index contributed by atoms with van der Waals surface area (Å²) in [5.41, 5.74) is 0.475. The first kappa shape index (κ1) is 20.7. The number of hydrogen-bond acceptors (Lipinski definition) is 2. The highest BCUT2D eigenvalue weighted by Gasteiger charge is 2.34.